The number of aromatic nitrogens is 1. The molecule has 0 saturated heterocycles. The minimum absolute atomic E-state index is 0.103. The molecule has 2 aromatic rings. The van der Waals surface area contributed by atoms with Crippen molar-refractivity contribution in [2.75, 3.05) is 0 Å². The zero-order valence-electron chi connectivity index (χ0n) is 10.6. The zero-order valence-corrected chi connectivity index (χ0v) is 14.1. The third-order valence-electron chi connectivity index (χ3n) is 2.92. The topological polar surface area (TPSA) is 137 Å². The van der Waals surface area contributed by atoms with E-state index in [1.807, 2.05) is 0 Å². The van der Waals surface area contributed by atoms with Gasteiger partial charge in [-0.1, -0.05) is 0 Å². The van der Waals surface area contributed by atoms with Crippen LogP contribution in [0.2, 0.25) is 0 Å². The standard InChI is InChI=1S/C10H13NO7P2Se/c12-10-7-3-1-2-4-8(7)21-11(10)6-5-9(19(13,14)15)20(16,17)18/h1-4,9H,5-6H2,(H2,13,14,15)(H2,16,17,18). The number of fused-ring (bicyclic) bond motifs is 1. The molecule has 1 aromatic heterocycles. The Balaban J connectivity index is 2.28. The number of nitrogens with zero attached hydrogens (tertiary/aromatic N) is 1. The molecular formula is C10H13NO7P2Se. The molecule has 0 bridgehead atoms. The van der Waals surface area contributed by atoms with E-state index in [9.17, 15) is 13.9 Å². The molecule has 0 fully saturated rings. The Morgan fingerprint density at radius 1 is 1.10 bits per heavy atom. The van der Waals surface area contributed by atoms with Gasteiger partial charge in [0.05, 0.1) is 0 Å². The molecule has 4 N–H and O–H groups in total. The second-order valence-electron chi connectivity index (χ2n) is 4.44. The molecule has 11 heteroatoms. The van der Waals surface area contributed by atoms with E-state index in [-0.39, 0.29) is 26.8 Å². The third-order valence-corrected chi connectivity index (χ3v) is 9.15. The zero-order chi connectivity index (χ0) is 15.8. The molecule has 1 heterocycles. The van der Waals surface area contributed by atoms with Crippen LogP contribution in [0, 0.1) is 0 Å². The second-order valence-corrected chi connectivity index (χ2v) is 10.7. The van der Waals surface area contributed by atoms with Crippen LogP contribution in [0.4, 0.5) is 0 Å². The van der Waals surface area contributed by atoms with Crippen LogP contribution >= 0.6 is 15.2 Å². The monoisotopic (exact) mass is 401 g/mol. The predicted molar refractivity (Wildman–Crippen MR) is 77.6 cm³/mol. The molecule has 0 aliphatic carbocycles. The van der Waals surface area contributed by atoms with E-state index >= 15 is 0 Å². The molecule has 0 aliphatic rings. The first kappa shape index (κ1) is 16.9. The first-order valence-corrected chi connectivity index (χ1v) is 10.8. The molecule has 0 spiro atoms. The molecule has 116 valence electrons. The molecule has 0 aliphatic heterocycles. The summed E-state index contributed by atoms with van der Waals surface area (Å²) in [6.07, 6.45) is -0.448. The van der Waals surface area contributed by atoms with Crippen LogP contribution in [0.1, 0.15) is 6.42 Å². The molecule has 0 atom stereocenters. The van der Waals surface area contributed by atoms with E-state index < -0.39 is 27.0 Å². The van der Waals surface area contributed by atoms with Crippen LogP contribution in [0.15, 0.2) is 29.1 Å². The Bertz CT molecular complexity index is 779. The van der Waals surface area contributed by atoms with Crippen molar-refractivity contribution >= 4 is 39.6 Å². The second kappa shape index (κ2) is 5.95. The van der Waals surface area contributed by atoms with Crippen LogP contribution in [0.5, 0.6) is 0 Å². The summed E-state index contributed by atoms with van der Waals surface area (Å²) in [6, 6.07) is 6.94. The summed E-state index contributed by atoms with van der Waals surface area (Å²) in [6.45, 7) is -0.103. The van der Waals surface area contributed by atoms with Gasteiger partial charge >= 0.3 is 125 Å². The maximum atomic E-state index is 12.1. The van der Waals surface area contributed by atoms with E-state index in [0.29, 0.717) is 5.39 Å². The van der Waals surface area contributed by atoms with Crippen LogP contribution in [0.3, 0.4) is 0 Å². The van der Waals surface area contributed by atoms with Crippen LogP contribution in [-0.4, -0.2) is 43.3 Å². The number of hydrogen-bond donors (Lipinski definition) is 4. The Morgan fingerprint density at radius 2 is 1.67 bits per heavy atom. The fraction of sp³-hybridized carbons (Fsp3) is 0.300. The Labute approximate surface area is 125 Å². The summed E-state index contributed by atoms with van der Waals surface area (Å²) >= 11 is -0.345. The van der Waals surface area contributed by atoms with Gasteiger partial charge in [0.25, 0.3) is 0 Å². The van der Waals surface area contributed by atoms with Gasteiger partial charge in [-0.2, -0.15) is 0 Å². The molecule has 0 amide bonds. The first-order chi connectivity index (χ1) is 9.60. The maximum absolute atomic E-state index is 12.1. The Morgan fingerprint density at radius 3 is 2.19 bits per heavy atom. The fourth-order valence-electron chi connectivity index (χ4n) is 1.93. The molecule has 21 heavy (non-hydrogen) atoms. The van der Waals surface area contributed by atoms with Crippen molar-refractivity contribution in [3.63, 3.8) is 0 Å². The van der Waals surface area contributed by atoms with Crippen molar-refractivity contribution in [1.29, 1.82) is 0 Å². The molecule has 2 rings (SSSR count). The summed E-state index contributed by atoms with van der Waals surface area (Å²) in [5.41, 5.74) is -0.277. The van der Waals surface area contributed by atoms with E-state index in [0.717, 1.165) is 4.26 Å². The molecule has 0 radical (unpaired) electrons. The van der Waals surface area contributed by atoms with Gasteiger partial charge in [-0.25, -0.2) is 0 Å². The molecule has 8 nitrogen and oxygen atoms in total. The summed E-state index contributed by atoms with van der Waals surface area (Å²) in [5.74, 6) is 0. The average Bonchev–Trinajstić information content (AvgIpc) is 2.64. The van der Waals surface area contributed by atoms with E-state index in [2.05, 4.69) is 0 Å². The van der Waals surface area contributed by atoms with Gasteiger partial charge in [0.1, 0.15) is 0 Å². The number of aryl methyl sites for hydroxylation is 1. The van der Waals surface area contributed by atoms with Gasteiger partial charge < -0.3 is 0 Å². The molecule has 1 aromatic carbocycles. The first-order valence-electron chi connectivity index (χ1n) is 5.80. The van der Waals surface area contributed by atoms with Gasteiger partial charge in [-0.15, -0.1) is 0 Å². The Kier molecular flexibility index (Phi) is 4.78. The summed E-state index contributed by atoms with van der Waals surface area (Å²) in [4.78, 5) is 48.2. The molecule has 0 saturated carbocycles. The van der Waals surface area contributed by atoms with Gasteiger partial charge in [0, 0.05) is 0 Å². The SMILES string of the molecule is O=c1c2ccccc2[se]n1CCC(P(=O)(O)O)P(=O)(O)O. The van der Waals surface area contributed by atoms with E-state index in [1.165, 1.54) is 3.56 Å². The van der Waals surface area contributed by atoms with Crippen LogP contribution in [0.25, 0.3) is 9.65 Å². The predicted octanol–water partition coefficient (Wildman–Crippen LogP) is 0.130. The summed E-state index contributed by atoms with van der Waals surface area (Å²) in [7, 11) is -9.88. The summed E-state index contributed by atoms with van der Waals surface area (Å²) in [5, 5.41) is -1.54. The number of rotatable bonds is 5. The van der Waals surface area contributed by atoms with Gasteiger partial charge in [-0.05, 0) is 0 Å². The number of benzene rings is 1. The van der Waals surface area contributed by atoms with Gasteiger partial charge in [-0.3, -0.25) is 0 Å². The normalized spacial score (nSPS) is 13.2. The van der Waals surface area contributed by atoms with Crippen molar-refractivity contribution in [2.45, 2.75) is 18.4 Å². The van der Waals surface area contributed by atoms with Crippen molar-refractivity contribution in [3.8, 4) is 0 Å². The van der Waals surface area contributed by atoms with Crippen molar-refractivity contribution in [2.24, 2.45) is 0 Å². The van der Waals surface area contributed by atoms with Crippen molar-refractivity contribution in [3.05, 3.63) is 34.6 Å². The number of hydrogen-bond acceptors (Lipinski definition) is 3. The molecular weight excluding hydrogens is 387 g/mol. The average molecular weight is 400 g/mol. The van der Waals surface area contributed by atoms with Gasteiger partial charge in [0.15, 0.2) is 0 Å². The molecule has 0 unspecified atom stereocenters. The van der Waals surface area contributed by atoms with E-state index in [4.69, 9.17) is 19.6 Å². The van der Waals surface area contributed by atoms with Gasteiger partial charge in [0.2, 0.25) is 0 Å². The fourth-order valence-corrected chi connectivity index (χ4v) is 6.52. The van der Waals surface area contributed by atoms with E-state index in [1.54, 1.807) is 24.3 Å². The van der Waals surface area contributed by atoms with Crippen LogP contribution < -0.4 is 5.56 Å². The minimum atomic E-state index is -4.94. The van der Waals surface area contributed by atoms with Crippen LogP contribution in [-0.2, 0) is 15.7 Å². The summed E-state index contributed by atoms with van der Waals surface area (Å²) < 4.78 is 24.6. The third kappa shape index (κ3) is 3.83. The van der Waals surface area contributed by atoms with Crippen molar-refractivity contribution in [1.82, 2.24) is 3.56 Å². The van der Waals surface area contributed by atoms with Crippen molar-refractivity contribution < 1.29 is 28.7 Å². The quantitative estimate of drug-likeness (QED) is 0.414. The Hall–Kier alpha value is -0.491.